The molecule has 17 heavy (non-hydrogen) atoms. The maximum atomic E-state index is 5.94. The molecule has 1 aliphatic rings. The molecule has 2 unspecified atom stereocenters. The predicted molar refractivity (Wildman–Crippen MR) is 79.4 cm³/mol. The summed E-state index contributed by atoms with van der Waals surface area (Å²) in [5.41, 5.74) is 6.44. The number of hydrogen-bond donors (Lipinski definition) is 1. The van der Waals surface area contributed by atoms with Gasteiger partial charge in [0.15, 0.2) is 0 Å². The molecule has 2 N–H and O–H groups in total. The molecule has 0 aromatic carbocycles. The van der Waals surface area contributed by atoms with E-state index in [1.807, 2.05) is 11.3 Å². The molecule has 0 bridgehead atoms. The Morgan fingerprint density at radius 2 is 2.18 bits per heavy atom. The molecular formula is C14H22BrNS. The zero-order valence-corrected chi connectivity index (χ0v) is 13.1. The van der Waals surface area contributed by atoms with Crippen molar-refractivity contribution in [3.8, 4) is 0 Å². The van der Waals surface area contributed by atoms with E-state index < -0.39 is 0 Å². The topological polar surface area (TPSA) is 26.0 Å². The Hall–Kier alpha value is 0.140. The summed E-state index contributed by atoms with van der Waals surface area (Å²) in [7, 11) is 0. The van der Waals surface area contributed by atoms with Gasteiger partial charge in [-0.1, -0.05) is 13.8 Å². The minimum Gasteiger partial charge on any atom is -0.330 e. The van der Waals surface area contributed by atoms with E-state index in [2.05, 4.69) is 41.9 Å². The van der Waals surface area contributed by atoms with Crippen molar-refractivity contribution >= 4 is 27.3 Å². The molecule has 1 saturated carbocycles. The van der Waals surface area contributed by atoms with Crippen LogP contribution in [0.2, 0.25) is 0 Å². The van der Waals surface area contributed by atoms with E-state index in [9.17, 15) is 0 Å². The lowest BCUT2D eigenvalue weighted by Gasteiger charge is -2.40. The van der Waals surface area contributed by atoms with E-state index in [1.165, 1.54) is 34.3 Å². The predicted octanol–water partition coefficient (Wildman–Crippen LogP) is 4.45. The number of rotatable bonds is 3. The number of nitrogens with two attached hydrogens (primary N) is 1. The van der Waals surface area contributed by atoms with Gasteiger partial charge in [-0.2, -0.15) is 0 Å². The van der Waals surface area contributed by atoms with Crippen molar-refractivity contribution in [1.82, 2.24) is 0 Å². The van der Waals surface area contributed by atoms with Gasteiger partial charge in [0.25, 0.3) is 0 Å². The molecule has 1 fully saturated rings. The Morgan fingerprint density at radius 1 is 1.41 bits per heavy atom. The van der Waals surface area contributed by atoms with Crippen LogP contribution < -0.4 is 5.73 Å². The van der Waals surface area contributed by atoms with Crippen LogP contribution >= 0.6 is 27.3 Å². The van der Waals surface area contributed by atoms with Crippen LogP contribution in [0, 0.1) is 17.3 Å². The van der Waals surface area contributed by atoms with Gasteiger partial charge in [-0.05, 0) is 77.5 Å². The maximum Gasteiger partial charge on any atom is 0.0701 e. The minimum atomic E-state index is 0.505. The van der Waals surface area contributed by atoms with Gasteiger partial charge in [-0.15, -0.1) is 11.3 Å². The summed E-state index contributed by atoms with van der Waals surface area (Å²) >= 11 is 5.42. The van der Waals surface area contributed by atoms with Crippen molar-refractivity contribution in [2.24, 2.45) is 23.0 Å². The van der Waals surface area contributed by atoms with Gasteiger partial charge in [0.2, 0.25) is 0 Å². The van der Waals surface area contributed by atoms with Crippen molar-refractivity contribution in [1.29, 1.82) is 0 Å². The Bertz CT molecular complexity index is 372. The Morgan fingerprint density at radius 3 is 2.76 bits per heavy atom. The average molecular weight is 316 g/mol. The summed E-state index contributed by atoms with van der Waals surface area (Å²) in [6.45, 7) is 5.65. The second kappa shape index (κ2) is 5.41. The highest BCUT2D eigenvalue weighted by Gasteiger charge is 2.34. The normalized spacial score (nSPS) is 28.2. The SMILES string of the molecule is CC1(C)CCC(CN)C(Cc2ccc(Br)s2)C1. The van der Waals surface area contributed by atoms with E-state index >= 15 is 0 Å². The highest BCUT2D eigenvalue weighted by Crippen LogP contribution is 2.43. The van der Waals surface area contributed by atoms with E-state index in [0.717, 1.165) is 18.4 Å². The summed E-state index contributed by atoms with van der Waals surface area (Å²) in [4.78, 5) is 1.50. The van der Waals surface area contributed by atoms with Crippen molar-refractivity contribution in [3.05, 3.63) is 20.8 Å². The molecule has 1 heterocycles. The van der Waals surface area contributed by atoms with Gasteiger partial charge in [0.05, 0.1) is 3.79 Å². The van der Waals surface area contributed by atoms with Crippen molar-refractivity contribution in [2.45, 2.75) is 39.5 Å². The quantitative estimate of drug-likeness (QED) is 0.876. The highest BCUT2D eigenvalue weighted by molar-refractivity contribution is 9.11. The second-order valence-electron chi connectivity index (χ2n) is 6.07. The first-order valence-electron chi connectivity index (χ1n) is 6.44. The first-order chi connectivity index (χ1) is 8.00. The monoisotopic (exact) mass is 315 g/mol. The lowest BCUT2D eigenvalue weighted by molar-refractivity contribution is 0.122. The fraction of sp³-hybridized carbons (Fsp3) is 0.714. The van der Waals surface area contributed by atoms with E-state index in [4.69, 9.17) is 5.73 Å². The molecule has 0 spiro atoms. The lowest BCUT2D eigenvalue weighted by Crippen LogP contribution is -2.35. The van der Waals surface area contributed by atoms with Crippen LogP contribution in [0.25, 0.3) is 0 Å². The smallest absolute Gasteiger partial charge is 0.0701 e. The summed E-state index contributed by atoms with van der Waals surface area (Å²) < 4.78 is 1.24. The van der Waals surface area contributed by atoms with Crippen LogP contribution in [0.4, 0.5) is 0 Å². The summed E-state index contributed by atoms with van der Waals surface area (Å²) in [6.07, 6.45) is 5.17. The first-order valence-corrected chi connectivity index (χ1v) is 8.05. The van der Waals surface area contributed by atoms with Crippen LogP contribution in [0.3, 0.4) is 0 Å². The minimum absolute atomic E-state index is 0.505. The van der Waals surface area contributed by atoms with Crippen LogP contribution in [0.1, 0.15) is 38.0 Å². The molecule has 3 heteroatoms. The van der Waals surface area contributed by atoms with Gasteiger partial charge in [0.1, 0.15) is 0 Å². The standard InChI is InChI=1S/C14H22BrNS/c1-14(2)6-5-10(9-16)11(8-14)7-12-3-4-13(15)17-12/h3-4,10-11H,5-9,16H2,1-2H3. The zero-order chi connectivity index (χ0) is 12.5. The number of hydrogen-bond acceptors (Lipinski definition) is 2. The molecule has 1 aliphatic carbocycles. The number of thiophene rings is 1. The van der Waals surface area contributed by atoms with Gasteiger partial charge in [-0.25, -0.2) is 0 Å². The highest BCUT2D eigenvalue weighted by atomic mass is 79.9. The molecule has 0 saturated heterocycles. The number of halogens is 1. The van der Waals surface area contributed by atoms with Gasteiger partial charge >= 0.3 is 0 Å². The van der Waals surface area contributed by atoms with Gasteiger partial charge in [-0.3, -0.25) is 0 Å². The second-order valence-corrected chi connectivity index (χ2v) is 8.62. The third kappa shape index (κ3) is 3.55. The Kier molecular flexibility index (Phi) is 4.32. The molecule has 1 aromatic heterocycles. The Balaban J connectivity index is 2.05. The van der Waals surface area contributed by atoms with Crippen molar-refractivity contribution < 1.29 is 0 Å². The summed E-state index contributed by atoms with van der Waals surface area (Å²) in [5.74, 6) is 1.50. The molecular weight excluding hydrogens is 294 g/mol. The van der Waals surface area contributed by atoms with Crippen LogP contribution in [-0.4, -0.2) is 6.54 Å². The van der Waals surface area contributed by atoms with E-state index in [0.29, 0.717) is 5.41 Å². The molecule has 0 amide bonds. The van der Waals surface area contributed by atoms with Crippen LogP contribution in [-0.2, 0) is 6.42 Å². The van der Waals surface area contributed by atoms with Crippen molar-refractivity contribution in [2.75, 3.05) is 6.54 Å². The molecule has 0 aliphatic heterocycles. The molecule has 1 nitrogen and oxygen atoms in total. The van der Waals surface area contributed by atoms with Crippen molar-refractivity contribution in [3.63, 3.8) is 0 Å². The molecule has 2 rings (SSSR count). The largest absolute Gasteiger partial charge is 0.330 e. The summed E-state index contributed by atoms with van der Waals surface area (Å²) in [5, 5.41) is 0. The van der Waals surface area contributed by atoms with Gasteiger partial charge < -0.3 is 5.73 Å². The maximum absolute atomic E-state index is 5.94. The fourth-order valence-corrected chi connectivity index (χ4v) is 4.64. The van der Waals surface area contributed by atoms with E-state index in [1.54, 1.807) is 0 Å². The fourth-order valence-electron chi connectivity index (χ4n) is 3.06. The Labute approximate surface area is 117 Å². The lowest BCUT2D eigenvalue weighted by atomic mass is 9.66. The summed E-state index contributed by atoms with van der Waals surface area (Å²) in [6, 6.07) is 4.41. The third-order valence-electron chi connectivity index (χ3n) is 4.07. The van der Waals surface area contributed by atoms with E-state index in [-0.39, 0.29) is 0 Å². The molecule has 2 atom stereocenters. The molecule has 96 valence electrons. The van der Waals surface area contributed by atoms with Crippen LogP contribution in [0.15, 0.2) is 15.9 Å². The van der Waals surface area contributed by atoms with Crippen LogP contribution in [0.5, 0.6) is 0 Å². The molecule has 1 aromatic rings. The molecule has 0 radical (unpaired) electrons. The average Bonchev–Trinajstić information content (AvgIpc) is 2.63. The first kappa shape index (κ1) is 13.6. The van der Waals surface area contributed by atoms with Gasteiger partial charge in [0, 0.05) is 4.88 Å². The third-order valence-corrected chi connectivity index (χ3v) is 5.71. The zero-order valence-electron chi connectivity index (χ0n) is 10.7.